The minimum Gasteiger partial charge on any atom is -0.469 e. The summed E-state index contributed by atoms with van der Waals surface area (Å²) < 4.78 is 5.32. The first-order valence-corrected chi connectivity index (χ1v) is 7.58. The van der Waals surface area contributed by atoms with Crippen LogP contribution in [0.5, 0.6) is 0 Å². The summed E-state index contributed by atoms with van der Waals surface area (Å²) in [5.74, 6) is 1.53. The number of hydrogen-bond acceptors (Lipinski definition) is 3. The molecular weight excluding hydrogens is 252 g/mol. The maximum absolute atomic E-state index is 12.6. The van der Waals surface area contributed by atoms with Crippen LogP contribution in [-0.2, 0) is 11.2 Å². The van der Waals surface area contributed by atoms with Gasteiger partial charge < -0.3 is 15.1 Å². The Morgan fingerprint density at radius 1 is 1.50 bits per heavy atom. The van der Waals surface area contributed by atoms with Gasteiger partial charge in [-0.25, -0.2) is 0 Å². The molecule has 2 heterocycles. The molecule has 0 aliphatic carbocycles. The lowest BCUT2D eigenvalue weighted by molar-refractivity contribution is -0.133. The zero-order chi connectivity index (χ0) is 14.6. The number of hydrogen-bond donors (Lipinski definition) is 2. The minimum absolute atomic E-state index is 0.170. The zero-order valence-corrected chi connectivity index (χ0v) is 12.7. The minimum atomic E-state index is -0.237. The second-order valence-electron chi connectivity index (χ2n) is 6.23. The lowest BCUT2D eigenvalue weighted by atomic mass is 9.75. The van der Waals surface area contributed by atoms with E-state index in [1.54, 1.807) is 6.26 Å². The van der Waals surface area contributed by atoms with E-state index in [1.807, 2.05) is 12.1 Å². The van der Waals surface area contributed by atoms with Gasteiger partial charge in [-0.2, -0.15) is 0 Å². The van der Waals surface area contributed by atoms with Gasteiger partial charge in [-0.3, -0.25) is 4.79 Å². The van der Waals surface area contributed by atoms with Gasteiger partial charge in [0, 0.05) is 19.0 Å². The smallest absolute Gasteiger partial charge is 0.228 e. The van der Waals surface area contributed by atoms with Crippen LogP contribution >= 0.6 is 0 Å². The van der Waals surface area contributed by atoms with Crippen molar-refractivity contribution in [2.75, 3.05) is 13.1 Å². The lowest BCUT2D eigenvalue weighted by Gasteiger charge is -2.32. The number of carbonyl (C=O) groups excluding carboxylic acids is 1. The first-order valence-electron chi connectivity index (χ1n) is 7.58. The van der Waals surface area contributed by atoms with E-state index in [4.69, 9.17) is 4.42 Å². The average Bonchev–Trinajstić information content (AvgIpc) is 3.08. The highest BCUT2D eigenvalue weighted by molar-refractivity contribution is 5.83. The van der Waals surface area contributed by atoms with Crippen LogP contribution in [-0.4, -0.2) is 25.0 Å². The van der Waals surface area contributed by atoms with Gasteiger partial charge in [-0.15, -0.1) is 0 Å². The van der Waals surface area contributed by atoms with Gasteiger partial charge in [-0.05, 0) is 44.4 Å². The summed E-state index contributed by atoms with van der Waals surface area (Å²) in [6.07, 6.45) is 4.39. The topological polar surface area (TPSA) is 54.3 Å². The van der Waals surface area contributed by atoms with Crippen molar-refractivity contribution in [3.63, 3.8) is 0 Å². The molecule has 0 radical (unpaired) electrons. The fourth-order valence-corrected chi connectivity index (χ4v) is 2.91. The number of carbonyl (C=O) groups is 1. The van der Waals surface area contributed by atoms with Crippen molar-refractivity contribution >= 4 is 5.91 Å². The van der Waals surface area contributed by atoms with Gasteiger partial charge in [0.15, 0.2) is 0 Å². The van der Waals surface area contributed by atoms with E-state index in [1.165, 1.54) is 0 Å². The molecule has 2 N–H and O–H groups in total. The van der Waals surface area contributed by atoms with E-state index in [0.717, 1.165) is 38.1 Å². The Labute approximate surface area is 121 Å². The number of amides is 1. The maximum Gasteiger partial charge on any atom is 0.228 e. The Morgan fingerprint density at radius 2 is 2.30 bits per heavy atom. The Kier molecular flexibility index (Phi) is 4.86. The third-order valence-corrected chi connectivity index (χ3v) is 4.53. The van der Waals surface area contributed by atoms with Crippen LogP contribution in [0.15, 0.2) is 22.8 Å². The Bertz CT molecular complexity index is 420. The first-order chi connectivity index (χ1) is 9.54. The number of aryl methyl sites for hydroxylation is 1. The van der Waals surface area contributed by atoms with Gasteiger partial charge in [0.05, 0.1) is 11.7 Å². The van der Waals surface area contributed by atoms with E-state index < -0.39 is 0 Å². The molecule has 2 unspecified atom stereocenters. The molecule has 0 saturated carbocycles. The van der Waals surface area contributed by atoms with Crippen molar-refractivity contribution in [2.24, 2.45) is 11.3 Å². The summed E-state index contributed by atoms with van der Waals surface area (Å²) in [7, 11) is 0. The fourth-order valence-electron chi connectivity index (χ4n) is 2.91. The molecule has 0 bridgehead atoms. The quantitative estimate of drug-likeness (QED) is 0.840. The summed E-state index contributed by atoms with van der Waals surface area (Å²) in [5.41, 5.74) is -0.237. The molecule has 0 spiro atoms. The van der Waals surface area contributed by atoms with E-state index in [2.05, 4.69) is 31.4 Å². The second-order valence-corrected chi connectivity index (χ2v) is 6.23. The molecular formula is C16H26N2O2. The van der Waals surface area contributed by atoms with Gasteiger partial charge in [0.25, 0.3) is 0 Å². The lowest BCUT2D eigenvalue weighted by Crippen LogP contribution is -2.48. The SMILES string of the molecule is CC(CCc1ccco1)NC(=O)C1(C(C)C)CCNC1. The summed E-state index contributed by atoms with van der Waals surface area (Å²) in [4.78, 5) is 12.6. The first kappa shape index (κ1) is 15.1. The van der Waals surface area contributed by atoms with E-state index in [0.29, 0.717) is 5.92 Å². The number of rotatable bonds is 6. The van der Waals surface area contributed by atoms with E-state index in [9.17, 15) is 4.79 Å². The average molecular weight is 278 g/mol. The molecule has 1 aromatic heterocycles. The summed E-state index contributed by atoms with van der Waals surface area (Å²) in [6, 6.07) is 4.05. The highest BCUT2D eigenvalue weighted by atomic mass is 16.3. The molecule has 112 valence electrons. The highest BCUT2D eigenvalue weighted by Gasteiger charge is 2.44. The molecule has 0 aromatic carbocycles. The highest BCUT2D eigenvalue weighted by Crippen LogP contribution is 2.34. The van der Waals surface area contributed by atoms with Gasteiger partial charge in [0.1, 0.15) is 5.76 Å². The van der Waals surface area contributed by atoms with Crippen LogP contribution in [0.2, 0.25) is 0 Å². The summed E-state index contributed by atoms with van der Waals surface area (Å²) in [5, 5.41) is 6.51. The third kappa shape index (κ3) is 3.23. The Balaban J connectivity index is 1.86. The van der Waals surface area contributed by atoms with Crippen molar-refractivity contribution in [3.8, 4) is 0 Å². The van der Waals surface area contributed by atoms with Crippen molar-refractivity contribution in [2.45, 2.75) is 46.1 Å². The van der Waals surface area contributed by atoms with Crippen LogP contribution in [0, 0.1) is 11.3 Å². The maximum atomic E-state index is 12.6. The predicted octanol–water partition coefficient (Wildman–Crippen LogP) is 2.35. The van der Waals surface area contributed by atoms with Crippen molar-refractivity contribution in [1.82, 2.24) is 10.6 Å². The Morgan fingerprint density at radius 3 is 2.85 bits per heavy atom. The van der Waals surface area contributed by atoms with Crippen molar-refractivity contribution in [1.29, 1.82) is 0 Å². The molecule has 1 aromatic rings. The van der Waals surface area contributed by atoms with Crippen LogP contribution in [0.25, 0.3) is 0 Å². The molecule has 1 aliphatic rings. The molecule has 1 aliphatic heterocycles. The monoisotopic (exact) mass is 278 g/mol. The Hall–Kier alpha value is -1.29. The van der Waals surface area contributed by atoms with E-state index in [-0.39, 0.29) is 17.4 Å². The van der Waals surface area contributed by atoms with E-state index >= 15 is 0 Å². The van der Waals surface area contributed by atoms with Gasteiger partial charge in [0.2, 0.25) is 5.91 Å². The van der Waals surface area contributed by atoms with Crippen LogP contribution < -0.4 is 10.6 Å². The van der Waals surface area contributed by atoms with Crippen molar-refractivity contribution < 1.29 is 9.21 Å². The van der Waals surface area contributed by atoms with Crippen molar-refractivity contribution in [3.05, 3.63) is 24.2 Å². The normalized spacial score (nSPS) is 24.0. The standard InChI is InChI=1S/C16H26N2O2/c1-12(2)16(8-9-17-11-16)15(19)18-13(3)6-7-14-5-4-10-20-14/h4-5,10,12-13,17H,6-9,11H2,1-3H3,(H,18,19). The van der Waals surface area contributed by atoms with Crippen LogP contribution in [0.4, 0.5) is 0 Å². The van der Waals surface area contributed by atoms with Crippen LogP contribution in [0.3, 0.4) is 0 Å². The van der Waals surface area contributed by atoms with Gasteiger partial charge in [-0.1, -0.05) is 13.8 Å². The largest absolute Gasteiger partial charge is 0.469 e. The molecule has 1 saturated heterocycles. The summed E-state index contributed by atoms with van der Waals surface area (Å²) in [6.45, 7) is 8.07. The molecule has 1 fully saturated rings. The third-order valence-electron chi connectivity index (χ3n) is 4.53. The second kappa shape index (κ2) is 6.44. The van der Waals surface area contributed by atoms with Gasteiger partial charge >= 0.3 is 0 Å². The molecule has 1 amide bonds. The predicted molar refractivity (Wildman–Crippen MR) is 79.4 cm³/mol. The molecule has 20 heavy (non-hydrogen) atoms. The molecule has 4 heteroatoms. The number of nitrogens with one attached hydrogen (secondary N) is 2. The summed E-state index contributed by atoms with van der Waals surface area (Å²) >= 11 is 0. The zero-order valence-electron chi connectivity index (χ0n) is 12.7. The van der Waals surface area contributed by atoms with Crippen LogP contribution in [0.1, 0.15) is 39.4 Å². The number of furan rings is 1. The molecule has 2 rings (SSSR count). The molecule has 2 atom stereocenters. The fraction of sp³-hybridized carbons (Fsp3) is 0.688. The molecule has 4 nitrogen and oxygen atoms in total.